The first-order valence-electron chi connectivity index (χ1n) is 19.4. The van der Waals surface area contributed by atoms with Crippen LogP contribution < -0.4 is 10.6 Å². The van der Waals surface area contributed by atoms with E-state index in [1.807, 2.05) is 24.3 Å². The Labute approximate surface area is 310 Å². The Hall–Kier alpha value is -3.56. The number of rotatable bonds is 14. The Kier molecular flexibility index (Phi) is 12.2. The maximum atomic E-state index is 12.5. The summed E-state index contributed by atoms with van der Waals surface area (Å²) in [6.07, 6.45) is 6.11. The fourth-order valence-corrected chi connectivity index (χ4v) is 9.22. The predicted octanol–water partition coefficient (Wildman–Crippen LogP) is 7.85. The molecule has 2 heterocycles. The first-order chi connectivity index (χ1) is 24.9. The summed E-state index contributed by atoms with van der Waals surface area (Å²) >= 11 is 0. The van der Waals surface area contributed by atoms with Gasteiger partial charge in [-0.2, -0.15) is 0 Å². The van der Waals surface area contributed by atoms with Gasteiger partial charge >= 0.3 is 0 Å². The molecule has 52 heavy (non-hydrogen) atoms. The monoisotopic (exact) mass is 709 g/mol. The van der Waals surface area contributed by atoms with Crippen LogP contribution in [0.15, 0.2) is 72.8 Å². The van der Waals surface area contributed by atoms with Gasteiger partial charge in [0.15, 0.2) is 6.29 Å². The van der Waals surface area contributed by atoms with E-state index < -0.39 is 6.29 Å². The molecule has 2 bridgehead atoms. The molecule has 8 heteroatoms. The molecule has 2 aliphatic heterocycles. The van der Waals surface area contributed by atoms with Crippen LogP contribution in [0.4, 0.5) is 0 Å². The highest BCUT2D eigenvalue weighted by Gasteiger charge is 2.51. The van der Waals surface area contributed by atoms with Crippen LogP contribution in [0.2, 0.25) is 0 Å². The predicted molar refractivity (Wildman–Crippen MR) is 205 cm³/mol. The third kappa shape index (κ3) is 9.70. The summed E-state index contributed by atoms with van der Waals surface area (Å²) in [4.78, 5) is 26.3. The quantitative estimate of drug-likeness (QED) is 0.148. The van der Waals surface area contributed by atoms with Crippen molar-refractivity contribution in [3.63, 3.8) is 0 Å². The number of carbonyl (C=O) groups is 2. The van der Waals surface area contributed by atoms with Crippen LogP contribution >= 0.6 is 0 Å². The number of aliphatic hydroxyl groups excluding tert-OH is 1. The normalized spacial score (nSPS) is 26.9. The van der Waals surface area contributed by atoms with Crippen molar-refractivity contribution >= 4 is 11.8 Å². The van der Waals surface area contributed by atoms with Crippen LogP contribution in [0.5, 0.6) is 0 Å². The minimum atomic E-state index is -0.529. The Morgan fingerprint density at radius 1 is 0.865 bits per heavy atom. The number of amides is 2. The maximum Gasteiger partial charge on any atom is 0.220 e. The minimum absolute atomic E-state index is 0.0138. The van der Waals surface area contributed by atoms with Crippen LogP contribution in [-0.2, 0) is 32.2 Å². The third-order valence-electron chi connectivity index (χ3n) is 11.4. The van der Waals surface area contributed by atoms with Crippen molar-refractivity contribution in [2.45, 2.75) is 117 Å². The molecular formula is C44H59N3O5. The summed E-state index contributed by atoms with van der Waals surface area (Å²) in [7, 11) is 0. The van der Waals surface area contributed by atoms with Crippen molar-refractivity contribution in [3.8, 4) is 11.1 Å². The highest BCUT2D eigenvalue weighted by Crippen LogP contribution is 2.53. The molecule has 6 rings (SSSR count). The van der Waals surface area contributed by atoms with Crippen molar-refractivity contribution in [3.05, 3.63) is 95.1 Å². The van der Waals surface area contributed by atoms with E-state index in [1.54, 1.807) is 0 Å². The van der Waals surface area contributed by atoms with Gasteiger partial charge in [0.1, 0.15) is 0 Å². The summed E-state index contributed by atoms with van der Waals surface area (Å²) in [6, 6.07) is 25.5. The number of ether oxygens (including phenoxy) is 2. The Morgan fingerprint density at radius 3 is 2.37 bits per heavy atom. The molecule has 0 spiro atoms. The van der Waals surface area contributed by atoms with Gasteiger partial charge < -0.3 is 25.2 Å². The van der Waals surface area contributed by atoms with Gasteiger partial charge in [0, 0.05) is 57.0 Å². The van der Waals surface area contributed by atoms with E-state index >= 15 is 0 Å². The maximum absolute atomic E-state index is 12.5. The molecule has 0 aromatic heterocycles. The molecule has 6 atom stereocenters. The Bertz CT molecular complexity index is 1670. The molecule has 3 fully saturated rings. The molecule has 3 aliphatic rings. The van der Waals surface area contributed by atoms with Crippen LogP contribution in [-0.4, -0.2) is 53.6 Å². The van der Waals surface area contributed by atoms with E-state index in [0.717, 1.165) is 65.7 Å². The molecule has 2 saturated heterocycles. The lowest BCUT2D eigenvalue weighted by atomic mass is 9.65. The topological polar surface area (TPSA) is 100 Å². The van der Waals surface area contributed by atoms with E-state index in [-0.39, 0.29) is 36.5 Å². The van der Waals surface area contributed by atoms with Gasteiger partial charge in [-0.05, 0) is 82.9 Å². The van der Waals surface area contributed by atoms with Crippen LogP contribution in [0.3, 0.4) is 0 Å². The average Bonchev–Trinajstić information content (AvgIpc) is 3.36. The number of carbonyl (C=O) groups excluding carboxylic acids is 2. The third-order valence-corrected chi connectivity index (χ3v) is 11.4. The number of nitrogens with one attached hydrogen (secondary N) is 2. The molecule has 2 amide bonds. The highest BCUT2D eigenvalue weighted by molar-refractivity contribution is 5.76. The zero-order chi connectivity index (χ0) is 36.9. The van der Waals surface area contributed by atoms with E-state index in [0.29, 0.717) is 36.4 Å². The first-order valence-corrected chi connectivity index (χ1v) is 19.4. The van der Waals surface area contributed by atoms with Gasteiger partial charge in [0.25, 0.3) is 0 Å². The van der Waals surface area contributed by atoms with Crippen molar-refractivity contribution in [1.29, 1.82) is 0 Å². The SMILES string of the molecule is CC(=O)NCCCCCC(=O)NCc1cccc(-c2cccc([C@@H]3O[C@H](CN4CC5(C)CC4CC(C)(C)C5)[C@H](C)[C@H](c4ccc(CO)cc4)O3)c2)c1. The number of fused-ring (bicyclic) bond motifs is 2. The molecule has 2 unspecified atom stereocenters. The van der Waals surface area contributed by atoms with Gasteiger partial charge in [0.2, 0.25) is 11.8 Å². The second-order valence-corrected chi connectivity index (χ2v) is 16.9. The molecule has 3 aromatic carbocycles. The summed E-state index contributed by atoms with van der Waals surface area (Å²) in [5.74, 6) is 0.156. The number of unbranched alkanes of at least 4 members (excludes halogenated alkanes) is 2. The molecule has 0 radical (unpaired) electrons. The van der Waals surface area contributed by atoms with Gasteiger partial charge in [-0.1, -0.05) is 94.8 Å². The standard InChI is InChI=1S/C44H59N3O5/c1-30-39(26-47-29-44(5)24-38(47)23-43(3,4)28-44)51-42(52-41(30)34-18-16-32(27-48)17-19-34)37-14-10-13-36(22-37)35-12-9-11-33(21-35)25-46-40(50)15-7-6-8-20-45-31(2)49/h9-14,16-19,21-22,30,38-39,41-42,48H,6-8,15,20,23-29H2,1-5H3,(H,45,49)(H,46,50)/t30-,38?,39+,41+,42+,44?/m0/s1. The zero-order valence-corrected chi connectivity index (χ0v) is 31.8. The average molecular weight is 710 g/mol. The molecule has 1 aliphatic carbocycles. The van der Waals surface area contributed by atoms with Gasteiger partial charge in [-0.15, -0.1) is 0 Å². The van der Waals surface area contributed by atoms with E-state index in [9.17, 15) is 14.7 Å². The summed E-state index contributed by atoms with van der Waals surface area (Å²) in [5, 5.41) is 15.6. The number of benzene rings is 3. The molecule has 1 saturated carbocycles. The number of hydrogen-bond acceptors (Lipinski definition) is 6. The van der Waals surface area contributed by atoms with Crippen molar-refractivity contribution in [1.82, 2.24) is 15.5 Å². The number of hydrogen-bond donors (Lipinski definition) is 3. The molecule has 8 nitrogen and oxygen atoms in total. The lowest BCUT2D eigenvalue weighted by molar-refractivity contribution is -0.276. The molecular weight excluding hydrogens is 651 g/mol. The van der Waals surface area contributed by atoms with Gasteiger partial charge in [0.05, 0.1) is 18.8 Å². The molecule has 3 aromatic rings. The van der Waals surface area contributed by atoms with Crippen molar-refractivity contribution in [2.24, 2.45) is 16.7 Å². The smallest absolute Gasteiger partial charge is 0.220 e. The highest BCUT2D eigenvalue weighted by atomic mass is 16.7. The second-order valence-electron chi connectivity index (χ2n) is 16.9. The Balaban J connectivity index is 1.15. The number of aliphatic hydroxyl groups is 1. The fraction of sp³-hybridized carbons (Fsp3) is 0.545. The first kappa shape index (κ1) is 38.2. The van der Waals surface area contributed by atoms with Crippen LogP contribution in [0.1, 0.15) is 114 Å². The minimum Gasteiger partial charge on any atom is -0.392 e. The van der Waals surface area contributed by atoms with E-state index in [1.165, 1.54) is 26.2 Å². The second kappa shape index (κ2) is 16.6. The van der Waals surface area contributed by atoms with E-state index in [2.05, 4.69) is 91.8 Å². The van der Waals surface area contributed by atoms with Gasteiger partial charge in [-0.25, -0.2) is 0 Å². The summed E-state index contributed by atoms with van der Waals surface area (Å²) in [5.41, 5.74) is 6.86. The van der Waals surface area contributed by atoms with Crippen molar-refractivity contribution < 1.29 is 24.2 Å². The lowest BCUT2D eigenvalue weighted by Crippen LogP contribution is -2.46. The summed E-state index contributed by atoms with van der Waals surface area (Å²) in [6.45, 7) is 14.2. The lowest BCUT2D eigenvalue weighted by Gasteiger charge is -2.43. The van der Waals surface area contributed by atoms with Crippen molar-refractivity contribution in [2.75, 3.05) is 19.6 Å². The fourth-order valence-electron chi connectivity index (χ4n) is 9.22. The van der Waals surface area contributed by atoms with E-state index in [4.69, 9.17) is 9.47 Å². The zero-order valence-electron chi connectivity index (χ0n) is 31.8. The van der Waals surface area contributed by atoms with Crippen LogP contribution in [0, 0.1) is 16.7 Å². The Morgan fingerprint density at radius 2 is 1.62 bits per heavy atom. The number of nitrogens with zero attached hydrogens (tertiary/aromatic N) is 1. The summed E-state index contributed by atoms with van der Waals surface area (Å²) < 4.78 is 13.8. The number of likely N-dealkylation sites (tertiary alicyclic amines) is 1. The van der Waals surface area contributed by atoms with Gasteiger partial charge in [-0.3, -0.25) is 14.5 Å². The van der Waals surface area contributed by atoms with Crippen LogP contribution in [0.25, 0.3) is 11.1 Å². The largest absolute Gasteiger partial charge is 0.392 e. The molecule has 280 valence electrons. The molecule has 3 N–H and O–H groups in total.